The van der Waals surface area contributed by atoms with Crippen LogP contribution in [0.15, 0.2) is 47.0 Å². The van der Waals surface area contributed by atoms with Crippen molar-refractivity contribution in [2.75, 3.05) is 11.9 Å². The summed E-state index contributed by atoms with van der Waals surface area (Å²) < 4.78 is 11.6. The lowest BCUT2D eigenvalue weighted by Crippen LogP contribution is -2.12. The summed E-state index contributed by atoms with van der Waals surface area (Å²) >= 11 is 6.23. The van der Waals surface area contributed by atoms with Crippen LogP contribution in [0.4, 0.5) is 5.69 Å². The Balaban J connectivity index is 1.71. The molecule has 0 atom stereocenters. The Morgan fingerprint density at radius 3 is 2.83 bits per heavy atom. The largest absolute Gasteiger partial charge is 0.491 e. The minimum Gasteiger partial charge on any atom is -0.491 e. The molecule has 0 fully saturated rings. The van der Waals surface area contributed by atoms with Gasteiger partial charge in [-0.15, -0.1) is 0 Å². The van der Waals surface area contributed by atoms with E-state index >= 15 is 0 Å². The third kappa shape index (κ3) is 3.54. The van der Waals surface area contributed by atoms with Crippen LogP contribution in [-0.2, 0) is 0 Å². The number of pyridine rings is 1. The Bertz CT molecular complexity index is 1230. The van der Waals surface area contributed by atoms with Crippen molar-refractivity contribution in [1.29, 1.82) is 0 Å². The van der Waals surface area contributed by atoms with E-state index in [0.717, 1.165) is 28.3 Å². The fourth-order valence-corrected chi connectivity index (χ4v) is 3.48. The lowest BCUT2D eigenvalue weighted by atomic mass is 10.1. The van der Waals surface area contributed by atoms with E-state index in [0.29, 0.717) is 34.2 Å². The number of nitrogens with zero attached hydrogens (tertiary/aromatic N) is 1. The summed E-state index contributed by atoms with van der Waals surface area (Å²) in [6.45, 7) is 6.42. The Morgan fingerprint density at radius 2 is 2.03 bits per heavy atom. The van der Waals surface area contributed by atoms with E-state index in [4.69, 9.17) is 20.8 Å². The number of carbonyl (C=O) groups is 1. The Morgan fingerprint density at radius 1 is 1.21 bits per heavy atom. The van der Waals surface area contributed by atoms with Gasteiger partial charge < -0.3 is 14.5 Å². The van der Waals surface area contributed by atoms with Crippen molar-refractivity contribution < 1.29 is 13.9 Å². The third-order valence-corrected chi connectivity index (χ3v) is 5.27. The van der Waals surface area contributed by atoms with Gasteiger partial charge in [0.25, 0.3) is 5.91 Å². The molecule has 0 aliphatic rings. The molecule has 0 saturated heterocycles. The first-order chi connectivity index (χ1) is 14.0. The highest BCUT2D eigenvalue weighted by molar-refractivity contribution is 6.32. The lowest BCUT2D eigenvalue weighted by molar-refractivity contribution is 0.0998. The average molecular weight is 409 g/mol. The number of amides is 1. The topological polar surface area (TPSA) is 64.4 Å². The summed E-state index contributed by atoms with van der Waals surface area (Å²) in [6.07, 6.45) is 2.61. The zero-order valence-corrected chi connectivity index (χ0v) is 17.3. The second kappa shape index (κ2) is 7.76. The van der Waals surface area contributed by atoms with E-state index in [1.54, 1.807) is 6.20 Å². The molecule has 1 N–H and O–H groups in total. The maximum Gasteiger partial charge on any atom is 0.291 e. The van der Waals surface area contributed by atoms with E-state index in [1.807, 2.05) is 50.2 Å². The molecule has 0 unspecified atom stereocenters. The van der Waals surface area contributed by atoms with Crippen molar-refractivity contribution in [2.45, 2.75) is 27.2 Å². The van der Waals surface area contributed by atoms with E-state index in [-0.39, 0.29) is 11.7 Å². The first-order valence-corrected chi connectivity index (χ1v) is 9.88. The number of halogens is 1. The predicted octanol–water partition coefficient (Wildman–Crippen LogP) is 6.29. The molecule has 2 aromatic carbocycles. The van der Waals surface area contributed by atoms with Crippen LogP contribution in [0.3, 0.4) is 0 Å². The number of furan rings is 1. The molecule has 1 amide bonds. The number of hydrogen-bond acceptors (Lipinski definition) is 4. The Labute approximate surface area is 173 Å². The number of nitrogens with one attached hydrogen (secondary N) is 1. The van der Waals surface area contributed by atoms with Gasteiger partial charge in [-0.1, -0.05) is 18.5 Å². The van der Waals surface area contributed by atoms with Crippen molar-refractivity contribution in [3.8, 4) is 5.75 Å². The molecule has 29 heavy (non-hydrogen) atoms. The van der Waals surface area contributed by atoms with Crippen LogP contribution in [-0.4, -0.2) is 17.5 Å². The van der Waals surface area contributed by atoms with Crippen LogP contribution in [0.1, 0.15) is 35.0 Å². The Kier molecular flexibility index (Phi) is 5.16. The van der Waals surface area contributed by atoms with E-state index < -0.39 is 0 Å². The average Bonchev–Trinajstić information content (AvgIpc) is 3.03. The van der Waals surface area contributed by atoms with Gasteiger partial charge in [0.05, 0.1) is 12.3 Å². The number of hydrogen-bond donors (Lipinski definition) is 1. The van der Waals surface area contributed by atoms with Gasteiger partial charge in [0.15, 0.2) is 5.76 Å². The SMILES string of the molecule is CCCOc1ccc(NC(=O)c2oc3cc(C)c(Cl)cc3c2C)c2cccnc12. The molecule has 0 spiro atoms. The van der Waals surface area contributed by atoms with Gasteiger partial charge in [0, 0.05) is 27.6 Å². The highest BCUT2D eigenvalue weighted by Gasteiger charge is 2.20. The summed E-state index contributed by atoms with van der Waals surface area (Å²) in [7, 11) is 0. The highest BCUT2D eigenvalue weighted by atomic mass is 35.5. The van der Waals surface area contributed by atoms with Gasteiger partial charge in [0.2, 0.25) is 0 Å². The molecule has 4 rings (SSSR count). The quantitative estimate of drug-likeness (QED) is 0.421. The second-order valence-electron chi connectivity index (χ2n) is 6.97. The summed E-state index contributed by atoms with van der Waals surface area (Å²) in [5, 5.41) is 5.24. The van der Waals surface area contributed by atoms with Crippen molar-refractivity contribution in [3.05, 3.63) is 64.5 Å². The van der Waals surface area contributed by atoms with Crippen LogP contribution >= 0.6 is 11.6 Å². The second-order valence-corrected chi connectivity index (χ2v) is 7.37. The molecule has 0 saturated carbocycles. The van der Waals surface area contributed by atoms with Crippen LogP contribution < -0.4 is 10.1 Å². The molecular formula is C23H21ClN2O3. The number of carbonyl (C=O) groups excluding carboxylic acids is 1. The number of anilines is 1. The molecular weight excluding hydrogens is 388 g/mol. The fourth-order valence-electron chi connectivity index (χ4n) is 3.32. The van der Waals surface area contributed by atoms with Gasteiger partial charge in [-0.25, -0.2) is 0 Å². The molecule has 148 valence electrons. The minimum atomic E-state index is -0.320. The monoisotopic (exact) mass is 408 g/mol. The standard InChI is InChI=1S/C23H21ClN2O3/c1-4-10-28-19-8-7-18(15-6-5-9-25-21(15)19)26-23(27)22-14(3)16-12-17(24)13(2)11-20(16)29-22/h5-9,11-12H,4,10H2,1-3H3,(H,26,27). The van der Waals surface area contributed by atoms with Crippen molar-refractivity contribution in [1.82, 2.24) is 4.98 Å². The predicted molar refractivity (Wildman–Crippen MR) is 116 cm³/mol. The summed E-state index contributed by atoms with van der Waals surface area (Å²) in [5.74, 6) is 0.648. The normalized spacial score (nSPS) is 11.2. The summed E-state index contributed by atoms with van der Waals surface area (Å²) in [4.78, 5) is 17.4. The van der Waals surface area contributed by atoms with E-state index in [2.05, 4.69) is 17.2 Å². The molecule has 2 heterocycles. The molecule has 0 radical (unpaired) electrons. The van der Waals surface area contributed by atoms with Crippen molar-refractivity contribution >= 4 is 45.1 Å². The van der Waals surface area contributed by atoms with Crippen molar-refractivity contribution in [2.24, 2.45) is 0 Å². The lowest BCUT2D eigenvalue weighted by Gasteiger charge is -2.12. The first kappa shape index (κ1) is 19.3. The van der Waals surface area contributed by atoms with Gasteiger partial charge in [0.1, 0.15) is 16.8 Å². The number of aryl methyl sites for hydroxylation is 2. The molecule has 6 heteroatoms. The zero-order valence-electron chi connectivity index (χ0n) is 16.5. The number of rotatable bonds is 5. The highest BCUT2D eigenvalue weighted by Crippen LogP contribution is 2.33. The smallest absolute Gasteiger partial charge is 0.291 e. The molecule has 4 aromatic rings. The fraction of sp³-hybridized carbons (Fsp3) is 0.217. The van der Waals surface area contributed by atoms with Gasteiger partial charge in [-0.2, -0.15) is 0 Å². The van der Waals surface area contributed by atoms with Crippen molar-refractivity contribution in [3.63, 3.8) is 0 Å². The third-order valence-electron chi connectivity index (χ3n) is 4.87. The number of ether oxygens (including phenoxy) is 1. The molecule has 0 bridgehead atoms. The molecule has 5 nitrogen and oxygen atoms in total. The van der Waals surface area contributed by atoms with E-state index in [9.17, 15) is 4.79 Å². The van der Waals surface area contributed by atoms with E-state index in [1.165, 1.54) is 0 Å². The van der Waals surface area contributed by atoms with Gasteiger partial charge in [-0.05, 0) is 62.2 Å². The van der Waals surface area contributed by atoms with Gasteiger partial charge >= 0.3 is 0 Å². The Hall–Kier alpha value is -3.05. The van der Waals surface area contributed by atoms with Crippen LogP contribution in [0.2, 0.25) is 5.02 Å². The summed E-state index contributed by atoms with van der Waals surface area (Å²) in [6, 6.07) is 11.1. The zero-order chi connectivity index (χ0) is 20.5. The maximum atomic E-state index is 13.0. The number of fused-ring (bicyclic) bond motifs is 2. The minimum absolute atomic E-state index is 0.269. The first-order valence-electron chi connectivity index (χ1n) is 9.50. The molecule has 2 aromatic heterocycles. The summed E-state index contributed by atoms with van der Waals surface area (Å²) in [5.41, 5.74) is 3.66. The molecule has 0 aliphatic carbocycles. The number of benzene rings is 2. The van der Waals surface area contributed by atoms with Gasteiger partial charge in [-0.3, -0.25) is 9.78 Å². The number of aromatic nitrogens is 1. The van der Waals surface area contributed by atoms with Crippen LogP contribution in [0, 0.1) is 13.8 Å². The van der Waals surface area contributed by atoms with Crippen LogP contribution in [0.25, 0.3) is 21.9 Å². The molecule has 0 aliphatic heterocycles. The maximum absolute atomic E-state index is 13.0. The van der Waals surface area contributed by atoms with Crippen LogP contribution in [0.5, 0.6) is 5.75 Å².